The fourth-order valence-corrected chi connectivity index (χ4v) is 10.8. The lowest BCUT2D eigenvalue weighted by Gasteiger charge is -2.28. The van der Waals surface area contributed by atoms with Gasteiger partial charge >= 0.3 is 0 Å². The first-order chi connectivity index (χ1) is 34.2. The summed E-state index contributed by atoms with van der Waals surface area (Å²) in [7, 11) is 0. The van der Waals surface area contributed by atoms with E-state index in [-0.39, 0.29) is 21.9 Å². The Morgan fingerprint density at radius 3 is 1.61 bits per heavy atom. The molecule has 0 bridgehead atoms. The Morgan fingerprint density at radius 2 is 0.972 bits per heavy atom. The maximum absolute atomic E-state index is 16.3. The standard InChI is InChI=1S/C64H53F4N3O/c1-62(2,3)37-11-17-43(18-12-37)69(46-31-41(66)30-42(67)32-46)45-21-23-47-49-22-10-36-28-57-51(35-50(36)61(49)72-58(47)34-45)48-24-27-56(59-52-29-39(64(7,8)9)15-25-54(52)71(57)60(48)59)70(55-26-16-40(65)33-53(55)68)44-19-13-38(14-20-44)63(4,5)6/h10-35H,1-9H3. The summed E-state index contributed by atoms with van der Waals surface area (Å²) in [6.45, 7) is 19.6. The molecule has 0 amide bonds. The molecule has 12 rings (SSSR count). The molecule has 9 aromatic carbocycles. The minimum atomic E-state index is -0.670. The van der Waals surface area contributed by atoms with Crippen LogP contribution in [0.5, 0.6) is 0 Å². The molecule has 0 fully saturated rings. The molecular formula is C64H53F4N3O. The van der Waals surface area contributed by atoms with E-state index in [9.17, 15) is 13.2 Å². The number of benzene rings is 9. The van der Waals surface area contributed by atoms with Crippen molar-refractivity contribution in [1.29, 1.82) is 0 Å². The highest BCUT2D eigenvalue weighted by Crippen LogP contribution is 2.50. The van der Waals surface area contributed by atoms with Crippen molar-refractivity contribution >= 4 is 105 Å². The second-order valence-corrected chi connectivity index (χ2v) is 22.5. The highest BCUT2D eigenvalue weighted by molar-refractivity contribution is 6.29. The van der Waals surface area contributed by atoms with Crippen molar-refractivity contribution in [3.8, 4) is 0 Å². The van der Waals surface area contributed by atoms with Crippen molar-refractivity contribution < 1.29 is 22.0 Å². The van der Waals surface area contributed by atoms with Crippen LogP contribution in [0.2, 0.25) is 0 Å². The van der Waals surface area contributed by atoms with E-state index in [4.69, 9.17) is 4.42 Å². The molecule has 358 valence electrons. The van der Waals surface area contributed by atoms with E-state index in [1.165, 1.54) is 29.8 Å². The summed E-state index contributed by atoms with van der Waals surface area (Å²) in [4.78, 5) is 3.77. The Labute approximate surface area is 415 Å². The third-order valence-electron chi connectivity index (χ3n) is 14.6. The highest BCUT2D eigenvalue weighted by Gasteiger charge is 2.28. The van der Waals surface area contributed by atoms with E-state index < -0.39 is 23.3 Å². The third-order valence-corrected chi connectivity index (χ3v) is 14.6. The fourth-order valence-electron chi connectivity index (χ4n) is 10.8. The molecule has 4 nitrogen and oxygen atoms in total. The van der Waals surface area contributed by atoms with Gasteiger partial charge in [0.25, 0.3) is 0 Å². The molecule has 0 N–H and O–H groups in total. The largest absolute Gasteiger partial charge is 0.455 e. The summed E-state index contributed by atoms with van der Waals surface area (Å²) in [5.41, 5.74) is 11.0. The number of nitrogens with zero attached hydrogens (tertiary/aromatic N) is 3. The topological polar surface area (TPSA) is 24.0 Å². The lowest BCUT2D eigenvalue weighted by molar-refractivity contribution is 0.583. The molecule has 8 heteroatoms. The molecule has 0 atom stereocenters. The van der Waals surface area contributed by atoms with Gasteiger partial charge in [0.05, 0.1) is 33.6 Å². The van der Waals surface area contributed by atoms with E-state index in [0.717, 1.165) is 106 Å². The smallest absolute Gasteiger partial charge is 0.150 e. The summed E-state index contributed by atoms with van der Waals surface area (Å²) in [6.07, 6.45) is 0. The second-order valence-electron chi connectivity index (χ2n) is 22.5. The zero-order valence-electron chi connectivity index (χ0n) is 41.8. The van der Waals surface area contributed by atoms with Gasteiger partial charge in [-0.1, -0.05) is 105 Å². The lowest BCUT2D eigenvalue weighted by atomic mass is 9.86. The molecule has 0 radical (unpaired) electrons. The monoisotopic (exact) mass is 955 g/mol. The van der Waals surface area contributed by atoms with Crippen molar-refractivity contribution in [3.63, 3.8) is 0 Å². The zero-order valence-corrected chi connectivity index (χ0v) is 41.8. The molecule has 0 aliphatic carbocycles. The lowest BCUT2D eigenvalue weighted by Crippen LogP contribution is -2.14. The molecule has 12 aromatic rings. The van der Waals surface area contributed by atoms with Crippen molar-refractivity contribution in [2.75, 3.05) is 9.80 Å². The number of furan rings is 1. The van der Waals surface area contributed by atoms with Crippen LogP contribution < -0.4 is 9.80 Å². The van der Waals surface area contributed by atoms with Gasteiger partial charge in [-0.2, -0.15) is 0 Å². The Bertz CT molecular complexity index is 4130. The predicted octanol–water partition coefficient (Wildman–Crippen LogP) is 19.3. The number of anilines is 6. The van der Waals surface area contributed by atoms with Crippen LogP contribution in [0.3, 0.4) is 0 Å². The first-order valence-corrected chi connectivity index (χ1v) is 24.5. The van der Waals surface area contributed by atoms with Gasteiger partial charge in [0.2, 0.25) is 0 Å². The number of halogens is 4. The number of aromatic nitrogens is 1. The molecule has 3 heterocycles. The molecule has 0 spiro atoms. The van der Waals surface area contributed by atoms with E-state index in [0.29, 0.717) is 17.0 Å². The minimum absolute atomic E-state index is 0.0833. The van der Waals surface area contributed by atoms with Crippen LogP contribution in [-0.4, -0.2) is 4.40 Å². The molecular weight excluding hydrogens is 903 g/mol. The number of hydrogen-bond acceptors (Lipinski definition) is 3. The Hall–Kier alpha value is -7.84. The van der Waals surface area contributed by atoms with Crippen molar-refractivity contribution in [2.45, 2.75) is 78.6 Å². The summed E-state index contributed by atoms with van der Waals surface area (Å²) < 4.78 is 70.0. The van der Waals surface area contributed by atoms with E-state index >= 15 is 4.39 Å². The SMILES string of the molecule is CC(C)(C)c1ccc(N(c2cc(F)cc(F)c2)c2ccc3c(c2)oc2c4cc5c6ccc(N(c7ccc(C(C)(C)C)cc7)c7ccc(F)cc7F)c7c8cc(C(C)(C)C)ccc8n(c5cc4ccc32)c67)cc1. The van der Waals surface area contributed by atoms with Crippen LogP contribution >= 0.6 is 0 Å². The average Bonchev–Trinajstić information content (AvgIpc) is 3.98. The van der Waals surface area contributed by atoms with Crippen LogP contribution in [0.1, 0.15) is 79.0 Å². The van der Waals surface area contributed by atoms with Gasteiger partial charge in [-0.05, 0) is 135 Å². The maximum Gasteiger partial charge on any atom is 0.150 e. The van der Waals surface area contributed by atoms with E-state index in [1.54, 1.807) is 0 Å². The maximum atomic E-state index is 16.3. The van der Waals surface area contributed by atoms with Crippen LogP contribution in [0.4, 0.5) is 51.7 Å². The summed E-state index contributed by atoms with van der Waals surface area (Å²) in [5.74, 6) is -2.65. The van der Waals surface area contributed by atoms with Gasteiger partial charge in [-0.15, -0.1) is 0 Å². The fraction of sp³-hybridized carbons (Fsp3) is 0.188. The number of fused-ring (bicyclic) bond motifs is 11. The molecule has 72 heavy (non-hydrogen) atoms. The Balaban J connectivity index is 1.08. The van der Waals surface area contributed by atoms with Crippen LogP contribution in [0.25, 0.3) is 70.8 Å². The average molecular weight is 956 g/mol. The number of rotatable bonds is 6. The predicted molar refractivity (Wildman–Crippen MR) is 291 cm³/mol. The van der Waals surface area contributed by atoms with Crippen molar-refractivity contribution in [2.24, 2.45) is 0 Å². The van der Waals surface area contributed by atoms with Crippen LogP contribution in [-0.2, 0) is 16.2 Å². The normalized spacial score (nSPS) is 12.8. The van der Waals surface area contributed by atoms with Gasteiger partial charge < -0.3 is 18.6 Å². The third kappa shape index (κ3) is 7.24. The summed E-state index contributed by atoms with van der Waals surface area (Å²) in [5, 5.41) is 7.80. The van der Waals surface area contributed by atoms with E-state index in [2.05, 4.69) is 146 Å². The summed E-state index contributed by atoms with van der Waals surface area (Å²) in [6, 6.07) is 49.1. The quantitative estimate of drug-likeness (QED) is 0.155. The van der Waals surface area contributed by atoms with Crippen LogP contribution in [0, 0.1) is 23.3 Å². The van der Waals surface area contributed by atoms with Crippen LogP contribution in [0.15, 0.2) is 162 Å². The minimum Gasteiger partial charge on any atom is -0.455 e. The second kappa shape index (κ2) is 15.8. The van der Waals surface area contributed by atoms with Gasteiger partial charge in [0.15, 0.2) is 0 Å². The van der Waals surface area contributed by atoms with Gasteiger partial charge in [-0.25, -0.2) is 17.6 Å². The van der Waals surface area contributed by atoms with Crippen molar-refractivity contribution in [3.05, 3.63) is 198 Å². The molecule has 0 unspecified atom stereocenters. The molecule has 0 aliphatic heterocycles. The highest BCUT2D eigenvalue weighted by atomic mass is 19.1. The molecule has 0 aliphatic rings. The van der Waals surface area contributed by atoms with Crippen molar-refractivity contribution in [1.82, 2.24) is 4.40 Å². The number of hydrogen-bond donors (Lipinski definition) is 0. The van der Waals surface area contributed by atoms with Gasteiger partial charge in [-0.3, -0.25) is 0 Å². The van der Waals surface area contributed by atoms with E-state index in [1.807, 2.05) is 52.3 Å². The first kappa shape index (κ1) is 45.3. The Morgan fingerprint density at radius 1 is 0.389 bits per heavy atom. The molecule has 3 aromatic heterocycles. The Kier molecular flexibility index (Phi) is 9.96. The summed E-state index contributed by atoms with van der Waals surface area (Å²) >= 11 is 0. The first-order valence-electron chi connectivity index (χ1n) is 24.5. The molecule has 0 saturated heterocycles. The zero-order chi connectivity index (χ0) is 50.3. The molecule has 0 saturated carbocycles. The van der Waals surface area contributed by atoms with Gasteiger partial charge in [0.1, 0.15) is 34.4 Å². The van der Waals surface area contributed by atoms with Gasteiger partial charge in [0, 0.05) is 73.0 Å².